The van der Waals surface area contributed by atoms with Gasteiger partial charge in [-0.1, -0.05) is 127 Å². The van der Waals surface area contributed by atoms with Crippen LogP contribution in [0.3, 0.4) is 0 Å². The first-order chi connectivity index (χ1) is 14.8. The van der Waals surface area contributed by atoms with Crippen molar-refractivity contribution in [2.45, 2.75) is 129 Å². The van der Waals surface area contributed by atoms with E-state index >= 15 is 0 Å². The summed E-state index contributed by atoms with van der Waals surface area (Å²) >= 11 is 0. The van der Waals surface area contributed by atoms with Crippen molar-refractivity contribution in [3.8, 4) is 0 Å². The van der Waals surface area contributed by atoms with Gasteiger partial charge in [0, 0.05) is 6.42 Å². The maximum atomic E-state index is 11.5. The highest BCUT2D eigenvalue weighted by atomic mass is 16.5. The van der Waals surface area contributed by atoms with Crippen molar-refractivity contribution >= 4 is 5.97 Å². The van der Waals surface area contributed by atoms with Gasteiger partial charge in [0.15, 0.2) is 0 Å². The number of hydrogen-bond donors (Lipinski definition) is 0. The molecule has 0 heterocycles. The van der Waals surface area contributed by atoms with Crippen molar-refractivity contribution in [3.63, 3.8) is 0 Å². The van der Waals surface area contributed by atoms with Crippen LogP contribution >= 0.6 is 0 Å². The third-order valence-corrected chi connectivity index (χ3v) is 5.95. The van der Waals surface area contributed by atoms with Crippen LogP contribution in [0.1, 0.15) is 128 Å². The van der Waals surface area contributed by atoms with Gasteiger partial charge in [0.1, 0.15) is 0 Å². The van der Waals surface area contributed by atoms with Crippen LogP contribution < -0.4 is 0 Å². The molecular formula is C28H48O2. The Bertz CT molecular complexity index is 483. The average molecular weight is 417 g/mol. The third-order valence-electron chi connectivity index (χ3n) is 5.95. The minimum Gasteiger partial charge on any atom is -0.466 e. The summed E-state index contributed by atoms with van der Waals surface area (Å²) in [7, 11) is 0. The normalized spacial score (nSPS) is 11.0. The summed E-state index contributed by atoms with van der Waals surface area (Å²) in [6, 6.07) is 10.9. The van der Waals surface area contributed by atoms with Gasteiger partial charge in [0.25, 0.3) is 0 Å². The first kappa shape index (κ1) is 26.7. The Balaban J connectivity index is 1.70. The van der Waals surface area contributed by atoms with E-state index in [0.717, 1.165) is 19.3 Å². The molecule has 0 atom stereocenters. The number of hydrogen-bond acceptors (Lipinski definition) is 2. The lowest BCUT2D eigenvalue weighted by molar-refractivity contribution is -0.143. The quantitative estimate of drug-likeness (QED) is 0.148. The Morgan fingerprint density at radius 1 is 0.633 bits per heavy atom. The zero-order valence-corrected chi connectivity index (χ0v) is 19.8. The fourth-order valence-electron chi connectivity index (χ4n) is 3.94. The maximum Gasteiger partial charge on any atom is 0.305 e. The zero-order valence-electron chi connectivity index (χ0n) is 19.8. The fourth-order valence-corrected chi connectivity index (χ4v) is 3.94. The number of aryl methyl sites for hydroxylation is 1. The summed E-state index contributed by atoms with van der Waals surface area (Å²) in [4.78, 5) is 11.5. The van der Waals surface area contributed by atoms with Crippen molar-refractivity contribution in [2.75, 3.05) is 6.61 Å². The van der Waals surface area contributed by atoms with Crippen molar-refractivity contribution < 1.29 is 9.53 Å². The van der Waals surface area contributed by atoms with Gasteiger partial charge in [-0.15, -0.1) is 0 Å². The van der Waals surface area contributed by atoms with Crippen LogP contribution in [0.15, 0.2) is 30.3 Å². The van der Waals surface area contributed by atoms with E-state index in [0.29, 0.717) is 13.0 Å². The van der Waals surface area contributed by atoms with Gasteiger partial charge in [-0.3, -0.25) is 4.79 Å². The highest BCUT2D eigenvalue weighted by Gasteiger charge is 2.02. The van der Waals surface area contributed by atoms with Crippen molar-refractivity contribution in [2.24, 2.45) is 0 Å². The molecule has 0 fully saturated rings. The van der Waals surface area contributed by atoms with Gasteiger partial charge >= 0.3 is 5.97 Å². The fraction of sp³-hybridized carbons (Fsp3) is 0.750. The molecule has 0 saturated heterocycles. The molecule has 0 N–H and O–H groups in total. The van der Waals surface area contributed by atoms with E-state index in [1.165, 1.54) is 102 Å². The molecule has 0 spiro atoms. The molecular weight excluding hydrogens is 368 g/mol. The first-order valence-corrected chi connectivity index (χ1v) is 13.0. The summed E-state index contributed by atoms with van der Waals surface area (Å²) in [6.07, 6.45) is 24.1. The molecule has 0 bridgehead atoms. The van der Waals surface area contributed by atoms with Gasteiger partial charge in [-0.25, -0.2) is 0 Å². The molecule has 0 aliphatic carbocycles. The smallest absolute Gasteiger partial charge is 0.305 e. The van der Waals surface area contributed by atoms with E-state index in [4.69, 9.17) is 4.74 Å². The van der Waals surface area contributed by atoms with Crippen LogP contribution in [0.5, 0.6) is 0 Å². The molecule has 172 valence electrons. The second-order valence-corrected chi connectivity index (χ2v) is 8.86. The van der Waals surface area contributed by atoms with Crippen LogP contribution in [0.2, 0.25) is 0 Å². The van der Waals surface area contributed by atoms with E-state index in [1.807, 2.05) is 0 Å². The average Bonchev–Trinajstić information content (AvgIpc) is 2.77. The second-order valence-electron chi connectivity index (χ2n) is 8.86. The number of unbranched alkanes of at least 4 members (excludes halogenated alkanes) is 15. The largest absolute Gasteiger partial charge is 0.466 e. The molecule has 0 radical (unpaired) electrons. The highest BCUT2D eigenvalue weighted by Crippen LogP contribution is 2.14. The summed E-state index contributed by atoms with van der Waals surface area (Å²) in [5.41, 5.74) is 1.49. The number of carbonyl (C=O) groups excluding carboxylic acids is 1. The van der Waals surface area contributed by atoms with Gasteiger partial charge in [-0.2, -0.15) is 0 Å². The van der Waals surface area contributed by atoms with Crippen LogP contribution in [0, 0.1) is 0 Å². The standard InChI is InChI=1S/C28H48O2/c1-2-3-26-30-28(29)25-21-16-14-12-10-8-6-4-5-7-9-11-13-15-18-22-27-23-19-17-20-24-27/h17,19-20,23-24H,2-16,18,21-22,25-26H2,1H3. The van der Waals surface area contributed by atoms with Gasteiger partial charge in [0.05, 0.1) is 6.61 Å². The molecule has 1 aromatic rings. The molecule has 2 nitrogen and oxygen atoms in total. The topological polar surface area (TPSA) is 26.3 Å². The van der Waals surface area contributed by atoms with E-state index in [1.54, 1.807) is 0 Å². The summed E-state index contributed by atoms with van der Waals surface area (Å²) in [5, 5.41) is 0. The summed E-state index contributed by atoms with van der Waals surface area (Å²) in [5.74, 6) is -0.00404. The monoisotopic (exact) mass is 416 g/mol. The molecule has 0 saturated carbocycles. The molecule has 30 heavy (non-hydrogen) atoms. The first-order valence-electron chi connectivity index (χ1n) is 13.0. The minimum atomic E-state index is -0.00404. The van der Waals surface area contributed by atoms with Crippen LogP contribution in [-0.2, 0) is 16.0 Å². The molecule has 0 aliphatic rings. The molecule has 1 aromatic carbocycles. The number of ether oxygens (including phenoxy) is 1. The van der Waals surface area contributed by atoms with Crippen molar-refractivity contribution in [3.05, 3.63) is 35.9 Å². The second kappa shape index (κ2) is 20.9. The third kappa shape index (κ3) is 17.5. The Morgan fingerprint density at radius 2 is 1.10 bits per heavy atom. The van der Waals surface area contributed by atoms with Crippen LogP contribution in [0.25, 0.3) is 0 Å². The van der Waals surface area contributed by atoms with Gasteiger partial charge < -0.3 is 4.74 Å². The van der Waals surface area contributed by atoms with Gasteiger partial charge in [0.2, 0.25) is 0 Å². The van der Waals surface area contributed by atoms with Crippen LogP contribution in [-0.4, -0.2) is 12.6 Å². The molecule has 0 aromatic heterocycles. The highest BCUT2D eigenvalue weighted by molar-refractivity contribution is 5.69. The summed E-state index contributed by atoms with van der Waals surface area (Å²) in [6.45, 7) is 2.72. The zero-order chi connectivity index (χ0) is 21.5. The molecule has 0 unspecified atom stereocenters. The van der Waals surface area contributed by atoms with E-state index in [9.17, 15) is 4.79 Å². The van der Waals surface area contributed by atoms with Crippen molar-refractivity contribution in [1.82, 2.24) is 0 Å². The maximum absolute atomic E-state index is 11.5. The Morgan fingerprint density at radius 3 is 1.60 bits per heavy atom. The number of benzene rings is 1. The Kier molecular flexibility index (Phi) is 18.7. The molecule has 2 heteroatoms. The van der Waals surface area contributed by atoms with E-state index in [-0.39, 0.29) is 5.97 Å². The lowest BCUT2D eigenvalue weighted by Gasteiger charge is -2.05. The molecule has 1 rings (SSSR count). The van der Waals surface area contributed by atoms with Crippen molar-refractivity contribution in [1.29, 1.82) is 0 Å². The van der Waals surface area contributed by atoms with E-state index in [2.05, 4.69) is 37.3 Å². The van der Waals surface area contributed by atoms with Crippen LogP contribution in [0.4, 0.5) is 0 Å². The minimum absolute atomic E-state index is 0.00404. The molecule has 0 amide bonds. The lowest BCUT2D eigenvalue weighted by atomic mass is 10.0. The number of carbonyl (C=O) groups is 1. The predicted molar refractivity (Wildman–Crippen MR) is 130 cm³/mol. The van der Waals surface area contributed by atoms with Gasteiger partial charge in [-0.05, 0) is 31.2 Å². The lowest BCUT2D eigenvalue weighted by Crippen LogP contribution is -2.05. The Labute approximate surface area is 187 Å². The predicted octanol–water partition coefficient (Wildman–Crippen LogP) is 8.81. The number of esters is 1. The molecule has 0 aliphatic heterocycles. The van der Waals surface area contributed by atoms with E-state index < -0.39 is 0 Å². The SMILES string of the molecule is CCCCOC(=O)CCCCCCCCCCCCCCCCCc1ccccc1. The number of rotatable bonds is 21. The summed E-state index contributed by atoms with van der Waals surface area (Å²) < 4.78 is 5.18. The Hall–Kier alpha value is -1.31.